The van der Waals surface area contributed by atoms with Crippen LogP contribution in [0, 0.1) is 0 Å². The second-order valence-electron chi connectivity index (χ2n) is 7.52. The highest BCUT2D eigenvalue weighted by molar-refractivity contribution is 5.43. The lowest BCUT2D eigenvalue weighted by Gasteiger charge is -2.19. The molecule has 152 valence electrons. The number of likely N-dealkylation sites (tertiary alicyclic amines) is 1. The number of hydrogen-bond donors (Lipinski definition) is 0. The van der Waals surface area contributed by atoms with Gasteiger partial charge in [0.1, 0.15) is 18.1 Å². The fourth-order valence-electron chi connectivity index (χ4n) is 3.44. The summed E-state index contributed by atoms with van der Waals surface area (Å²) in [6, 6.07) is 8.27. The van der Waals surface area contributed by atoms with Crippen molar-refractivity contribution in [2.45, 2.75) is 18.9 Å². The van der Waals surface area contributed by atoms with Crippen molar-refractivity contribution in [3.05, 3.63) is 54.3 Å². The number of likely N-dealkylation sites (N-methyl/N-ethyl adjacent to an activating group) is 1. The van der Waals surface area contributed by atoms with Crippen molar-refractivity contribution in [1.29, 1.82) is 0 Å². The van der Waals surface area contributed by atoms with Crippen LogP contribution in [0.2, 0.25) is 0 Å². The lowest BCUT2D eigenvalue weighted by Crippen LogP contribution is -2.22. The molecule has 0 N–H and O–H groups in total. The first-order chi connectivity index (χ1) is 14.2. The van der Waals surface area contributed by atoms with Crippen LogP contribution in [-0.2, 0) is 6.54 Å². The Kier molecular flexibility index (Phi) is 6.12. The first-order valence-electron chi connectivity index (χ1n) is 9.86. The van der Waals surface area contributed by atoms with E-state index >= 15 is 0 Å². The van der Waals surface area contributed by atoms with Crippen LogP contribution >= 0.6 is 0 Å². The van der Waals surface area contributed by atoms with Crippen LogP contribution in [0.25, 0.3) is 11.6 Å². The molecule has 8 nitrogen and oxygen atoms in total. The molecule has 0 aliphatic carbocycles. The van der Waals surface area contributed by atoms with Gasteiger partial charge in [0.25, 0.3) is 5.89 Å². The Hall–Kier alpha value is -2.84. The molecule has 1 fully saturated rings. The molecule has 3 aromatic rings. The van der Waals surface area contributed by atoms with Gasteiger partial charge >= 0.3 is 0 Å². The van der Waals surface area contributed by atoms with E-state index in [-0.39, 0.29) is 5.92 Å². The third-order valence-corrected chi connectivity index (χ3v) is 5.01. The van der Waals surface area contributed by atoms with E-state index in [1.807, 2.05) is 26.2 Å². The van der Waals surface area contributed by atoms with Gasteiger partial charge in [0.05, 0.1) is 12.1 Å². The molecule has 1 aliphatic heterocycles. The van der Waals surface area contributed by atoms with E-state index in [4.69, 9.17) is 9.15 Å². The molecule has 4 rings (SSSR count). The van der Waals surface area contributed by atoms with E-state index < -0.39 is 0 Å². The van der Waals surface area contributed by atoms with Gasteiger partial charge in [0, 0.05) is 37.6 Å². The minimum absolute atomic E-state index is 0.231. The maximum Gasteiger partial charge on any atom is 0.267 e. The maximum atomic E-state index is 6.00. The first-order valence-corrected chi connectivity index (χ1v) is 9.86. The summed E-state index contributed by atoms with van der Waals surface area (Å²) in [5.74, 6) is 2.28. The average molecular weight is 394 g/mol. The Morgan fingerprint density at radius 1 is 1.21 bits per heavy atom. The van der Waals surface area contributed by atoms with Gasteiger partial charge < -0.3 is 14.1 Å². The summed E-state index contributed by atoms with van der Waals surface area (Å²) in [7, 11) is 4.10. The van der Waals surface area contributed by atoms with Crippen LogP contribution in [0.15, 0.2) is 47.3 Å². The number of aromatic nitrogens is 4. The number of para-hydroxylation sites is 1. The Morgan fingerprint density at radius 3 is 2.93 bits per heavy atom. The minimum Gasteiger partial charge on any atom is -0.492 e. The van der Waals surface area contributed by atoms with Crippen LogP contribution in [0.1, 0.15) is 23.8 Å². The normalized spacial score (nSPS) is 17.1. The molecule has 0 radical (unpaired) electrons. The zero-order chi connectivity index (χ0) is 20.1. The number of benzene rings is 1. The van der Waals surface area contributed by atoms with Gasteiger partial charge in [0.2, 0.25) is 5.89 Å². The largest absolute Gasteiger partial charge is 0.492 e. The zero-order valence-electron chi connectivity index (χ0n) is 16.9. The van der Waals surface area contributed by atoms with Crippen LogP contribution in [0.4, 0.5) is 0 Å². The highest BCUT2D eigenvalue weighted by atomic mass is 16.5. The molecule has 1 aliphatic rings. The van der Waals surface area contributed by atoms with Crippen LogP contribution in [-0.4, -0.2) is 70.3 Å². The molecular formula is C21H26N6O2. The van der Waals surface area contributed by atoms with Crippen molar-refractivity contribution < 1.29 is 9.15 Å². The molecule has 3 heterocycles. The number of ether oxygens (including phenoxy) is 1. The lowest BCUT2D eigenvalue weighted by atomic mass is 10.1. The first kappa shape index (κ1) is 19.5. The van der Waals surface area contributed by atoms with Crippen molar-refractivity contribution in [3.63, 3.8) is 0 Å². The number of nitrogens with zero attached hydrogens (tertiary/aromatic N) is 6. The molecular weight excluding hydrogens is 368 g/mol. The third kappa shape index (κ3) is 4.96. The molecule has 0 saturated carbocycles. The van der Waals surface area contributed by atoms with E-state index in [1.165, 1.54) is 5.56 Å². The Morgan fingerprint density at radius 2 is 2.10 bits per heavy atom. The zero-order valence-corrected chi connectivity index (χ0v) is 16.9. The minimum atomic E-state index is 0.231. The molecule has 8 heteroatoms. The van der Waals surface area contributed by atoms with Gasteiger partial charge in [0.15, 0.2) is 0 Å². The quantitative estimate of drug-likeness (QED) is 0.576. The Bertz CT molecular complexity index is 914. The van der Waals surface area contributed by atoms with Gasteiger partial charge in [-0.2, -0.15) is 0 Å². The number of rotatable bonds is 8. The summed E-state index contributed by atoms with van der Waals surface area (Å²) >= 11 is 0. The SMILES string of the molecule is CN(C)CCOc1ccccc1CN1CC[C@H](c2nnc(-c3cnccn3)o2)C1. The second kappa shape index (κ2) is 9.11. The van der Waals surface area contributed by atoms with Crippen molar-refractivity contribution >= 4 is 0 Å². The molecule has 0 unspecified atom stereocenters. The maximum absolute atomic E-state index is 6.00. The second-order valence-corrected chi connectivity index (χ2v) is 7.52. The van der Waals surface area contributed by atoms with E-state index in [0.717, 1.165) is 38.3 Å². The molecule has 0 bridgehead atoms. The predicted molar refractivity (Wildman–Crippen MR) is 108 cm³/mol. The topological polar surface area (TPSA) is 80.4 Å². The predicted octanol–water partition coefficient (Wildman–Crippen LogP) is 2.46. The molecule has 1 aromatic carbocycles. The summed E-state index contributed by atoms with van der Waals surface area (Å²) in [4.78, 5) is 12.8. The van der Waals surface area contributed by atoms with Crippen molar-refractivity contribution in [2.75, 3.05) is 40.3 Å². The summed E-state index contributed by atoms with van der Waals surface area (Å²) < 4.78 is 11.9. The van der Waals surface area contributed by atoms with E-state index in [0.29, 0.717) is 24.1 Å². The smallest absolute Gasteiger partial charge is 0.267 e. The Labute approximate surface area is 170 Å². The van der Waals surface area contributed by atoms with Gasteiger partial charge in [-0.05, 0) is 33.1 Å². The highest BCUT2D eigenvalue weighted by Gasteiger charge is 2.29. The molecule has 0 spiro atoms. The van der Waals surface area contributed by atoms with Gasteiger partial charge in [-0.1, -0.05) is 18.2 Å². The van der Waals surface area contributed by atoms with Gasteiger partial charge in [-0.3, -0.25) is 9.88 Å². The summed E-state index contributed by atoms with van der Waals surface area (Å²) in [5, 5.41) is 8.39. The van der Waals surface area contributed by atoms with Gasteiger partial charge in [-0.25, -0.2) is 4.98 Å². The Balaban J connectivity index is 1.37. The van der Waals surface area contributed by atoms with Gasteiger partial charge in [-0.15, -0.1) is 10.2 Å². The highest BCUT2D eigenvalue weighted by Crippen LogP contribution is 2.30. The van der Waals surface area contributed by atoms with E-state index in [1.54, 1.807) is 18.6 Å². The summed E-state index contributed by atoms with van der Waals surface area (Å²) in [6.07, 6.45) is 5.86. The molecule has 2 aromatic heterocycles. The number of hydrogen-bond acceptors (Lipinski definition) is 8. The van der Waals surface area contributed by atoms with Crippen LogP contribution in [0.5, 0.6) is 5.75 Å². The fourth-order valence-corrected chi connectivity index (χ4v) is 3.44. The van der Waals surface area contributed by atoms with Crippen LogP contribution < -0.4 is 4.74 Å². The molecule has 0 amide bonds. The van der Waals surface area contributed by atoms with Crippen LogP contribution in [0.3, 0.4) is 0 Å². The summed E-state index contributed by atoms with van der Waals surface area (Å²) in [6.45, 7) is 4.29. The van der Waals surface area contributed by atoms with Crippen molar-refractivity contribution in [3.8, 4) is 17.3 Å². The average Bonchev–Trinajstić information content (AvgIpc) is 3.39. The molecule has 1 atom stereocenters. The molecule has 1 saturated heterocycles. The van der Waals surface area contributed by atoms with E-state index in [2.05, 4.69) is 42.1 Å². The summed E-state index contributed by atoms with van der Waals surface area (Å²) in [5.41, 5.74) is 1.81. The molecule has 29 heavy (non-hydrogen) atoms. The van der Waals surface area contributed by atoms with Crippen molar-refractivity contribution in [2.24, 2.45) is 0 Å². The monoisotopic (exact) mass is 394 g/mol. The lowest BCUT2D eigenvalue weighted by molar-refractivity contribution is 0.253. The third-order valence-electron chi connectivity index (χ3n) is 5.01. The van der Waals surface area contributed by atoms with E-state index in [9.17, 15) is 0 Å². The van der Waals surface area contributed by atoms with Crippen molar-refractivity contribution in [1.82, 2.24) is 30.0 Å². The standard InChI is InChI=1S/C21H26N6O2/c1-26(2)11-12-28-19-6-4-3-5-16(19)14-27-10-7-17(15-27)20-24-25-21(29-20)18-13-22-8-9-23-18/h3-6,8-9,13,17H,7,10-12,14-15H2,1-2H3/t17-/m0/s1. The fraction of sp³-hybridized carbons (Fsp3) is 0.429.